The van der Waals surface area contributed by atoms with Crippen LogP contribution in [0.4, 0.5) is 0 Å². The van der Waals surface area contributed by atoms with Crippen LogP contribution >= 0.6 is 34.2 Å². The number of nitrogens with one attached hydrogen (secondary N) is 1. The van der Waals surface area contributed by atoms with Gasteiger partial charge in [0.2, 0.25) is 5.91 Å². The molecule has 0 heterocycles. The van der Waals surface area contributed by atoms with Crippen LogP contribution in [-0.4, -0.2) is 34.9 Å². The monoisotopic (exact) mass is 528 g/mol. The third-order valence-corrected chi connectivity index (χ3v) is 5.08. The first kappa shape index (κ1) is 23.5. The molecule has 5 nitrogen and oxygen atoms in total. The molecule has 0 bridgehead atoms. The van der Waals surface area contributed by atoms with Crippen molar-refractivity contribution in [1.29, 1.82) is 0 Å². The Kier molecular flexibility index (Phi) is 8.34. The molecule has 29 heavy (non-hydrogen) atoms. The van der Waals surface area contributed by atoms with Crippen molar-refractivity contribution in [3.8, 4) is 5.75 Å². The zero-order valence-corrected chi connectivity index (χ0v) is 20.0. The normalized spacial score (nSPS) is 12.2. The van der Waals surface area contributed by atoms with E-state index in [1.54, 1.807) is 19.1 Å². The van der Waals surface area contributed by atoms with Crippen molar-refractivity contribution < 1.29 is 14.3 Å². The van der Waals surface area contributed by atoms with Gasteiger partial charge in [0, 0.05) is 20.7 Å². The average Bonchev–Trinajstić information content (AvgIpc) is 2.65. The molecule has 7 heteroatoms. The summed E-state index contributed by atoms with van der Waals surface area (Å²) in [5.74, 6) is 0.126. The van der Waals surface area contributed by atoms with E-state index in [1.165, 1.54) is 4.90 Å². The molecule has 0 aliphatic rings. The van der Waals surface area contributed by atoms with Crippen LogP contribution in [0.15, 0.2) is 48.5 Å². The molecular weight excluding hydrogens is 503 g/mol. The van der Waals surface area contributed by atoms with Crippen molar-refractivity contribution in [2.75, 3.05) is 6.61 Å². The molecular formula is C22H26ClIN2O3. The number of carbonyl (C=O) groups excluding carboxylic acids is 2. The maximum Gasteiger partial charge on any atom is 0.261 e. The summed E-state index contributed by atoms with van der Waals surface area (Å²) in [5.41, 5.74) is 0.491. The van der Waals surface area contributed by atoms with Crippen molar-refractivity contribution in [2.45, 2.75) is 45.8 Å². The van der Waals surface area contributed by atoms with Crippen LogP contribution in [0.5, 0.6) is 5.75 Å². The number of nitrogens with zero attached hydrogens (tertiary/aromatic N) is 1. The number of hydrogen-bond donors (Lipinski definition) is 1. The Morgan fingerprint density at radius 3 is 2.24 bits per heavy atom. The second-order valence-electron chi connectivity index (χ2n) is 7.81. The van der Waals surface area contributed by atoms with Gasteiger partial charge in [0.05, 0.1) is 0 Å². The highest BCUT2D eigenvalue weighted by molar-refractivity contribution is 14.1. The Labute approximate surface area is 190 Å². The van der Waals surface area contributed by atoms with Crippen LogP contribution in [0.2, 0.25) is 5.02 Å². The Hall–Kier alpha value is -1.80. The lowest BCUT2D eigenvalue weighted by atomic mass is 10.1. The van der Waals surface area contributed by atoms with Crippen LogP contribution in [0.3, 0.4) is 0 Å². The molecule has 0 unspecified atom stereocenters. The molecule has 0 aliphatic carbocycles. The van der Waals surface area contributed by atoms with Crippen LogP contribution < -0.4 is 10.1 Å². The number of amides is 2. The van der Waals surface area contributed by atoms with E-state index < -0.39 is 11.6 Å². The zero-order chi connectivity index (χ0) is 21.6. The van der Waals surface area contributed by atoms with Crippen LogP contribution in [-0.2, 0) is 16.1 Å². The van der Waals surface area contributed by atoms with Crippen molar-refractivity contribution in [1.82, 2.24) is 10.2 Å². The van der Waals surface area contributed by atoms with E-state index >= 15 is 0 Å². The SMILES string of the molecule is C[C@H](C(=O)NC(C)(C)C)N(Cc1ccc(Cl)cc1)C(=O)COc1ccc(I)cc1. The van der Waals surface area contributed by atoms with Gasteiger partial charge in [-0.2, -0.15) is 0 Å². The number of halogens is 2. The Balaban J connectivity index is 2.15. The van der Waals surface area contributed by atoms with E-state index in [1.807, 2.05) is 57.2 Å². The molecule has 0 radical (unpaired) electrons. The van der Waals surface area contributed by atoms with Gasteiger partial charge in [0.25, 0.3) is 5.91 Å². The maximum absolute atomic E-state index is 13.0. The van der Waals surface area contributed by atoms with Gasteiger partial charge in [-0.1, -0.05) is 23.7 Å². The quantitative estimate of drug-likeness (QED) is 0.532. The van der Waals surface area contributed by atoms with Gasteiger partial charge in [-0.15, -0.1) is 0 Å². The highest BCUT2D eigenvalue weighted by Crippen LogP contribution is 2.16. The molecule has 1 atom stereocenters. The molecule has 2 amide bonds. The van der Waals surface area contributed by atoms with Gasteiger partial charge in [-0.05, 0) is 92.2 Å². The predicted octanol–water partition coefficient (Wildman–Crippen LogP) is 4.66. The fourth-order valence-corrected chi connectivity index (χ4v) is 3.09. The summed E-state index contributed by atoms with van der Waals surface area (Å²) in [5, 5.41) is 3.55. The molecule has 2 rings (SSSR count). The highest BCUT2D eigenvalue weighted by atomic mass is 127. The standard InChI is InChI=1S/C22H26ClIN2O3/c1-15(21(28)25-22(2,3)4)26(13-16-5-7-17(23)8-6-16)20(27)14-29-19-11-9-18(24)10-12-19/h5-12,15H,13-14H2,1-4H3,(H,25,28)/t15-/m1/s1. The van der Waals surface area contributed by atoms with Crippen molar-refractivity contribution in [2.24, 2.45) is 0 Å². The third kappa shape index (κ3) is 7.85. The average molecular weight is 529 g/mol. The zero-order valence-electron chi connectivity index (χ0n) is 17.0. The lowest BCUT2D eigenvalue weighted by Crippen LogP contribution is -2.53. The molecule has 2 aromatic rings. The lowest BCUT2D eigenvalue weighted by Gasteiger charge is -2.31. The van der Waals surface area contributed by atoms with Crippen LogP contribution in [0.1, 0.15) is 33.3 Å². The number of carbonyl (C=O) groups is 2. The Morgan fingerprint density at radius 2 is 1.69 bits per heavy atom. The number of benzene rings is 2. The minimum Gasteiger partial charge on any atom is -0.484 e. The first-order valence-corrected chi connectivity index (χ1v) is 10.7. The van der Waals surface area contributed by atoms with Gasteiger partial charge in [-0.3, -0.25) is 9.59 Å². The van der Waals surface area contributed by atoms with E-state index in [2.05, 4.69) is 27.9 Å². The minimum atomic E-state index is -0.655. The molecule has 156 valence electrons. The topological polar surface area (TPSA) is 58.6 Å². The van der Waals surface area contributed by atoms with Gasteiger partial charge >= 0.3 is 0 Å². The molecule has 0 saturated heterocycles. The first-order chi connectivity index (χ1) is 13.5. The van der Waals surface area contributed by atoms with E-state index in [-0.39, 0.29) is 25.0 Å². The van der Waals surface area contributed by atoms with Gasteiger partial charge < -0.3 is 15.0 Å². The van der Waals surface area contributed by atoms with E-state index in [0.717, 1.165) is 9.13 Å². The maximum atomic E-state index is 13.0. The van der Waals surface area contributed by atoms with Crippen LogP contribution in [0, 0.1) is 3.57 Å². The number of ether oxygens (including phenoxy) is 1. The molecule has 0 fully saturated rings. The molecule has 0 saturated carbocycles. The molecule has 1 N–H and O–H groups in total. The fourth-order valence-electron chi connectivity index (χ4n) is 2.60. The summed E-state index contributed by atoms with van der Waals surface area (Å²) in [6.45, 7) is 7.57. The second-order valence-corrected chi connectivity index (χ2v) is 9.49. The van der Waals surface area contributed by atoms with Gasteiger partial charge in [0.15, 0.2) is 6.61 Å². The Bertz CT molecular complexity index is 833. The van der Waals surface area contributed by atoms with Gasteiger partial charge in [0.1, 0.15) is 11.8 Å². The molecule has 2 aromatic carbocycles. The van der Waals surface area contributed by atoms with E-state index in [9.17, 15) is 9.59 Å². The lowest BCUT2D eigenvalue weighted by molar-refractivity contribution is -0.142. The first-order valence-electron chi connectivity index (χ1n) is 9.29. The van der Waals surface area contributed by atoms with E-state index in [0.29, 0.717) is 10.8 Å². The minimum absolute atomic E-state index is 0.151. The Morgan fingerprint density at radius 1 is 1.10 bits per heavy atom. The summed E-state index contributed by atoms with van der Waals surface area (Å²) >= 11 is 8.17. The molecule has 0 aliphatic heterocycles. The smallest absolute Gasteiger partial charge is 0.261 e. The second kappa shape index (κ2) is 10.3. The van der Waals surface area contributed by atoms with Crippen molar-refractivity contribution in [3.05, 3.63) is 62.7 Å². The van der Waals surface area contributed by atoms with Crippen molar-refractivity contribution >= 4 is 46.0 Å². The predicted molar refractivity (Wildman–Crippen MR) is 124 cm³/mol. The highest BCUT2D eigenvalue weighted by Gasteiger charge is 2.28. The summed E-state index contributed by atoms with van der Waals surface area (Å²) < 4.78 is 6.73. The molecule has 0 aromatic heterocycles. The fraction of sp³-hybridized carbons (Fsp3) is 0.364. The summed E-state index contributed by atoms with van der Waals surface area (Å²) in [7, 11) is 0. The van der Waals surface area contributed by atoms with Crippen LogP contribution in [0.25, 0.3) is 0 Å². The third-order valence-electron chi connectivity index (χ3n) is 4.11. The van der Waals surface area contributed by atoms with Crippen molar-refractivity contribution in [3.63, 3.8) is 0 Å². The number of rotatable bonds is 7. The van der Waals surface area contributed by atoms with Gasteiger partial charge in [-0.25, -0.2) is 0 Å². The number of hydrogen-bond acceptors (Lipinski definition) is 3. The summed E-state index contributed by atoms with van der Waals surface area (Å²) in [6, 6.07) is 14.0. The largest absolute Gasteiger partial charge is 0.484 e. The summed E-state index contributed by atoms with van der Waals surface area (Å²) in [6.07, 6.45) is 0. The summed E-state index contributed by atoms with van der Waals surface area (Å²) in [4.78, 5) is 27.2. The molecule has 0 spiro atoms. The van der Waals surface area contributed by atoms with E-state index in [4.69, 9.17) is 16.3 Å².